The number of hydrogen-bond donors (Lipinski definition) is 0. The Morgan fingerprint density at radius 2 is 2.38 bits per heavy atom. The van der Waals surface area contributed by atoms with Crippen LogP contribution in [0.4, 0.5) is 8.78 Å². The highest BCUT2D eigenvalue weighted by Crippen LogP contribution is 2.18. The predicted octanol–water partition coefficient (Wildman–Crippen LogP) is 1.37. The highest BCUT2D eigenvalue weighted by atomic mass is 79.9. The molecule has 0 N–H and O–H groups in total. The van der Waals surface area contributed by atoms with Gasteiger partial charge in [-0.1, -0.05) is 21.1 Å². The van der Waals surface area contributed by atoms with E-state index in [9.17, 15) is 13.6 Å². The Labute approximate surface area is 98.9 Å². The Hall–Kier alpha value is -1.05. The molecule has 0 fully saturated rings. The Morgan fingerprint density at radius 1 is 1.69 bits per heavy atom. The second-order valence-corrected chi connectivity index (χ2v) is 3.53. The van der Waals surface area contributed by atoms with Crippen LogP contribution in [0.15, 0.2) is 6.20 Å². The molecule has 0 saturated carbocycles. The predicted molar refractivity (Wildman–Crippen MR) is 54.2 cm³/mol. The van der Waals surface area contributed by atoms with E-state index in [1.165, 1.54) is 13.1 Å². The number of aromatic nitrogens is 3. The minimum Gasteiger partial charge on any atom is -0.462 e. The van der Waals surface area contributed by atoms with E-state index in [0.717, 1.165) is 4.68 Å². The third kappa shape index (κ3) is 3.22. The fourth-order valence-electron chi connectivity index (χ4n) is 0.982. The molecule has 0 unspecified atom stereocenters. The molecule has 0 spiro atoms. The molecule has 0 bridgehead atoms. The fraction of sp³-hybridized carbons (Fsp3) is 0.625. The van der Waals surface area contributed by atoms with Gasteiger partial charge in [0.15, 0.2) is 0 Å². The molecular formula is C8H10BrF2N3O2. The number of carbonyl (C=O) groups is 1. The third-order valence-electron chi connectivity index (χ3n) is 1.66. The van der Waals surface area contributed by atoms with Gasteiger partial charge < -0.3 is 4.74 Å². The highest BCUT2D eigenvalue weighted by molar-refractivity contribution is 9.08. The molecular weight excluding hydrogens is 288 g/mol. The van der Waals surface area contributed by atoms with Gasteiger partial charge in [-0.15, -0.1) is 5.10 Å². The molecule has 0 aliphatic rings. The van der Waals surface area contributed by atoms with Crippen molar-refractivity contribution in [1.82, 2.24) is 15.0 Å². The zero-order chi connectivity index (χ0) is 12.2. The van der Waals surface area contributed by atoms with Gasteiger partial charge in [0.05, 0.1) is 12.3 Å². The molecule has 0 radical (unpaired) electrons. The maximum Gasteiger partial charge on any atom is 0.379 e. The van der Waals surface area contributed by atoms with Crippen molar-refractivity contribution >= 4 is 21.9 Å². The maximum absolute atomic E-state index is 13.2. The molecule has 1 heterocycles. The zero-order valence-corrected chi connectivity index (χ0v) is 10.1. The number of halogens is 3. The van der Waals surface area contributed by atoms with E-state index in [1.807, 2.05) is 0 Å². The summed E-state index contributed by atoms with van der Waals surface area (Å²) in [6, 6.07) is 0. The van der Waals surface area contributed by atoms with Gasteiger partial charge in [0.1, 0.15) is 6.54 Å². The number of ether oxygens (including phenoxy) is 1. The average Bonchev–Trinajstić information content (AvgIpc) is 2.65. The van der Waals surface area contributed by atoms with Crippen molar-refractivity contribution in [3.05, 3.63) is 11.9 Å². The molecule has 1 aromatic rings. The van der Waals surface area contributed by atoms with E-state index in [1.54, 1.807) is 0 Å². The Bertz CT molecular complexity index is 370. The Kier molecular flexibility index (Phi) is 4.34. The topological polar surface area (TPSA) is 57.0 Å². The van der Waals surface area contributed by atoms with Gasteiger partial charge in [0.2, 0.25) is 0 Å². The summed E-state index contributed by atoms with van der Waals surface area (Å²) in [5.74, 6) is -5.14. The summed E-state index contributed by atoms with van der Waals surface area (Å²) >= 11 is 3.11. The minimum absolute atomic E-state index is 0.0849. The van der Waals surface area contributed by atoms with Crippen molar-refractivity contribution in [3.63, 3.8) is 0 Å². The van der Waals surface area contributed by atoms with Crippen molar-refractivity contribution in [2.24, 2.45) is 0 Å². The SMILES string of the molecule is CCOC(=O)C(F)(F)Cn1cc(CBr)nn1. The van der Waals surface area contributed by atoms with E-state index < -0.39 is 18.4 Å². The molecule has 16 heavy (non-hydrogen) atoms. The number of alkyl halides is 3. The smallest absolute Gasteiger partial charge is 0.379 e. The van der Waals surface area contributed by atoms with Crippen LogP contribution in [0.1, 0.15) is 12.6 Å². The standard InChI is InChI=1S/C8H10BrF2N3O2/c1-2-16-7(15)8(10,11)5-14-4-6(3-9)12-13-14/h4H,2-3,5H2,1H3. The largest absolute Gasteiger partial charge is 0.462 e. The summed E-state index contributed by atoms with van der Waals surface area (Å²) in [6.07, 6.45) is 1.34. The van der Waals surface area contributed by atoms with Crippen LogP contribution in [0, 0.1) is 0 Å². The zero-order valence-electron chi connectivity index (χ0n) is 8.49. The first-order valence-electron chi connectivity index (χ1n) is 4.49. The molecule has 5 nitrogen and oxygen atoms in total. The lowest BCUT2D eigenvalue weighted by atomic mass is 10.3. The van der Waals surface area contributed by atoms with Crippen molar-refractivity contribution in [2.45, 2.75) is 24.7 Å². The van der Waals surface area contributed by atoms with E-state index in [2.05, 4.69) is 31.0 Å². The lowest BCUT2D eigenvalue weighted by molar-refractivity contribution is -0.173. The van der Waals surface area contributed by atoms with Crippen molar-refractivity contribution in [1.29, 1.82) is 0 Å². The van der Waals surface area contributed by atoms with Gasteiger partial charge in [-0.3, -0.25) is 0 Å². The van der Waals surface area contributed by atoms with Crippen molar-refractivity contribution in [3.8, 4) is 0 Å². The normalized spacial score (nSPS) is 11.5. The van der Waals surface area contributed by atoms with Crippen LogP contribution in [-0.2, 0) is 21.4 Å². The van der Waals surface area contributed by atoms with Crippen molar-refractivity contribution < 1.29 is 18.3 Å². The van der Waals surface area contributed by atoms with Crippen LogP contribution in [0.3, 0.4) is 0 Å². The van der Waals surface area contributed by atoms with Gasteiger partial charge in [0, 0.05) is 11.5 Å². The second-order valence-electron chi connectivity index (χ2n) is 2.97. The molecule has 0 amide bonds. The van der Waals surface area contributed by atoms with E-state index in [4.69, 9.17) is 0 Å². The molecule has 1 rings (SSSR count). The number of rotatable bonds is 5. The molecule has 0 aromatic carbocycles. The highest BCUT2D eigenvalue weighted by Gasteiger charge is 2.41. The van der Waals surface area contributed by atoms with Crippen LogP contribution >= 0.6 is 15.9 Å². The lowest BCUT2D eigenvalue weighted by Crippen LogP contribution is -2.35. The van der Waals surface area contributed by atoms with Crippen LogP contribution in [0.2, 0.25) is 0 Å². The molecule has 8 heteroatoms. The molecule has 1 aromatic heterocycles. The fourth-order valence-corrected chi connectivity index (χ4v) is 1.24. The number of esters is 1. The summed E-state index contributed by atoms with van der Waals surface area (Å²) < 4.78 is 31.6. The lowest BCUT2D eigenvalue weighted by Gasteiger charge is -2.13. The van der Waals surface area contributed by atoms with Crippen LogP contribution in [0.25, 0.3) is 0 Å². The average molecular weight is 298 g/mol. The summed E-state index contributed by atoms with van der Waals surface area (Å²) in [5.41, 5.74) is 0.514. The first kappa shape index (κ1) is 13.0. The number of carbonyl (C=O) groups excluding carboxylic acids is 1. The maximum atomic E-state index is 13.2. The van der Waals surface area contributed by atoms with Gasteiger partial charge >= 0.3 is 11.9 Å². The van der Waals surface area contributed by atoms with Crippen LogP contribution in [0.5, 0.6) is 0 Å². The van der Waals surface area contributed by atoms with Gasteiger partial charge in [0.25, 0.3) is 0 Å². The molecule has 0 atom stereocenters. The van der Waals surface area contributed by atoms with E-state index in [-0.39, 0.29) is 6.61 Å². The number of hydrogen-bond acceptors (Lipinski definition) is 4. The molecule has 0 aliphatic carbocycles. The van der Waals surface area contributed by atoms with Crippen LogP contribution in [-0.4, -0.2) is 33.5 Å². The van der Waals surface area contributed by atoms with Gasteiger partial charge in [-0.05, 0) is 6.92 Å². The second kappa shape index (κ2) is 5.33. The third-order valence-corrected chi connectivity index (χ3v) is 2.23. The first-order chi connectivity index (χ1) is 7.49. The Morgan fingerprint density at radius 3 is 2.88 bits per heavy atom. The summed E-state index contributed by atoms with van der Waals surface area (Å²) in [6.45, 7) is 0.511. The number of nitrogens with zero attached hydrogens (tertiary/aromatic N) is 3. The van der Waals surface area contributed by atoms with E-state index >= 15 is 0 Å². The molecule has 90 valence electrons. The monoisotopic (exact) mass is 297 g/mol. The van der Waals surface area contributed by atoms with Gasteiger partial charge in [-0.2, -0.15) is 8.78 Å². The Balaban J connectivity index is 2.67. The van der Waals surface area contributed by atoms with Gasteiger partial charge in [-0.25, -0.2) is 9.48 Å². The molecule has 0 aliphatic heterocycles. The summed E-state index contributed by atoms with van der Waals surface area (Å²) in [7, 11) is 0. The van der Waals surface area contributed by atoms with E-state index in [0.29, 0.717) is 11.0 Å². The first-order valence-corrected chi connectivity index (χ1v) is 5.61. The molecule has 0 saturated heterocycles. The van der Waals surface area contributed by atoms with Crippen LogP contribution < -0.4 is 0 Å². The quantitative estimate of drug-likeness (QED) is 0.608. The summed E-state index contributed by atoms with van der Waals surface area (Å²) in [4.78, 5) is 10.9. The summed E-state index contributed by atoms with van der Waals surface area (Å²) in [5, 5.41) is 7.48. The van der Waals surface area contributed by atoms with Crippen molar-refractivity contribution in [2.75, 3.05) is 6.61 Å². The minimum atomic E-state index is -3.59.